The third-order valence-corrected chi connectivity index (χ3v) is 6.05. The largest absolute Gasteiger partial charge is 0.383 e. The van der Waals surface area contributed by atoms with Gasteiger partial charge in [-0.3, -0.25) is 4.79 Å². The Morgan fingerprint density at radius 3 is 2.55 bits per heavy atom. The van der Waals surface area contributed by atoms with Gasteiger partial charge in [0.25, 0.3) is 5.91 Å². The number of benzene rings is 2. The van der Waals surface area contributed by atoms with E-state index in [-0.39, 0.29) is 11.9 Å². The van der Waals surface area contributed by atoms with Gasteiger partial charge in [-0.05, 0) is 85.5 Å². The molecule has 0 unspecified atom stereocenters. The van der Waals surface area contributed by atoms with E-state index in [1.807, 2.05) is 56.4 Å². The average Bonchev–Trinajstić information content (AvgIpc) is 3.60. The van der Waals surface area contributed by atoms with E-state index in [0.29, 0.717) is 11.5 Å². The van der Waals surface area contributed by atoms with Crippen molar-refractivity contribution < 1.29 is 4.79 Å². The summed E-state index contributed by atoms with van der Waals surface area (Å²) in [7, 11) is 4.03. The van der Waals surface area contributed by atoms with Crippen molar-refractivity contribution in [2.45, 2.75) is 32.2 Å². The Bertz CT molecular complexity index is 1110. The van der Waals surface area contributed by atoms with Crippen molar-refractivity contribution >= 4 is 22.9 Å². The van der Waals surface area contributed by atoms with E-state index in [4.69, 9.17) is 0 Å². The third-order valence-electron chi connectivity index (χ3n) is 6.05. The molecule has 2 atom stereocenters. The number of hydrogen-bond acceptors (Lipinski definition) is 3. The highest BCUT2D eigenvalue weighted by Crippen LogP contribution is 2.39. The van der Waals surface area contributed by atoms with Gasteiger partial charge in [0, 0.05) is 43.0 Å². The van der Waals surface area contributed by atoms with Crippen LogP contribution in [-0.4, -0.2) is 30.9 Å². The Labute approximate surface area is 197 Å². The molecular formula is C29H33N3O. The quantitative estimate of drug-likeness (QED) is 0.474. The summed E-state index contributed by atoms with van der Waals surface area (Å²) < 4.78 is 0. The average molecular weight is 440 g/mol. The molecule has 4 rings (SSSR count). The van der Waals surface area contributed by atoms with Gasteiger partial charge in [-0.1, -0.05) is 42.5 Å². The zero-order valence-electron chi connectivity index (χ0n) is 19.7. The molecule has 0 saturated heterocycles. The molecule has 2 aliphatic carbocycles. The first-order valence-electron chi connectivity index (χ1n) is 11.7. The Balaban J connectivity index is 1.36. The minimum absolute atomic E-state index is 0.00714. The number of carbonyl (C=O) groups is 1. The molecule has 2 aromatic rings. The summed E-state index contributed by atoms with van der Waals surface area (Å²) in [6, 6.07) is 16.3. The fraction of sp³-hybridized carbons (Fsp3) is 0.276. The molecule has 170 valence electrons. The summed E-state index contributed by atoms with van der Waals surface area (Å²) in [5, 5.41) is 6.62. The SMILES string of the molecule is C/C=C(\C=C/N(C)C)c1ccc(Nc2cccc(C(=O)N[C@@H]3C[C@H]3C3=CCCC=C3)c2)cc1. The second-order valence-electron chi connectivity index (χ2n) is 8.91. The summed E-state index contributed by atoms with van der Waals surface area (Å²) in [6.45, 7) is 2.05. The van der Waals surface area contributed by atoms with Crippen LogP contribution in [-0.2, 0) is 0 Å². The van der Waals surface area contributed by atoms with E-state index in [1.54, 1.807) is 0 Å². The number of hydrogen-bond donors (Lipinski definition) is 2. The zero-order chi connectivity index (χ0) is 23.2. The molecule has 0 aromatic heterocycles. The van der Waals surface area contributed by atoms with Gasteiger partial charge in [0.05, 0.1) is 0 Å². The predicted molar refractivity (Wildman–Crippen MR) is 138 cm³/mol. The molecule has 1 amide bonds. The summed E-state index contributed by atoms with van der Waals surface area (Å²) in [4.78, 5) is 14.8. The molecule has 2 aliphatic rings. The van der Waals surface area contributed by atoms with Gasteiger partial charge in [0.2, 0.25) is 0 Å². The number of amides is 1. The molecule has 0 radical (unpaired) electrons. The van der Waals surface area contributed by atoms with Gasteiger partial charge < -0.3 is 15.5 Å². The van der Waals surface area contributed by atoms with Crippen molar-refractivity contribution in [1.29, 1.82) is 0 Å². The van der Waals surface area contributed by atoms with E-state index < -0.39 is 0 Å². The van der Waals surface area contributed by atoms with Crippen LogP contribution in [0.5, 0.6) is 0 Å². The topological polar surface area (TPSA) is 44.4 Å². The number of rotatable bonds is 8. The monoisotopic (exact) mass is 439 g/mol. The summed E-state index contributed by atoms with van der Waals surface area (Å²) in [5.74, 6) is 0.465. The molecule has 0 heterocycles. The standard InChI is InChI=1S/C29H33N3O/c1-4-21(17-18-32(2)3)22-13-15-25(16-14-22)30-26-12-8-11-24(19-26)29(33)31-28-20-27(28)23-9-6-5-7-10-23/h4,6,8-19,27-28,30H,5,7,20H2,1-3H3,(H,31,33)/b18-17-,21-4+/t27-,28+/m0/s1. The van der Waals surface area contributed by atoms with Gasteiger partial charge >= 0.3 is 0 Å². The Morgan fingerprint density at radius 2 is 1.85 bits per heavy atom. The summed E-state index contributed by atoms with van der Waals surface area (Å²) >= 11 is 0. The maximum atomic E-state index is 12.8. The lowest BCUT2D eigenvalue weighted by molar-refractivity contribution is 0.0950. The first kappa shape index (κ1) is 22.7. The first-order chi connectivity index (χ1) is 16.0. The van der Waals surface area contributed by atoms with E-state index in [9.17, 15) is 4.79 Å². The van der Waals surface area contributed by atoms with Crippen molar-refractivity contribution in [1.82, 2.24) is 10.2 Å². The lowest BCUT2D eigenvalue weighted by Gasteiger charge is -2.11. The molecule has 4 heteroatoms. The van der Waals surface area contributed by atoms with Gasteiger partial charge in [-0.15, -0.1) is 0 Å². The molecule has 0 aliphatic heterocycles. The molecule has 1 fully saturated rings. The van der Waals surface area contributed by atoms with E-state index in [2.05, 4.69) is 65.3 Å². The van der Waals surface area contributed by atoms with Crippen LogP contribution in [0.15, 0.2) is 90.7 Å². The third kappa shape index (κ3) is 6.04. The van der Waals surface area contributed by atoms with Crippen LogP contribution in [0.25, 0.3) is 5.57 Å². The highest BCUT2D eigenvalue weighted by atomic mass is 16.1. The van der Waals surface area contributed by atoms with E-state index >= 15 is 0 Å². The normalized spacial score (nSPS) is 19.8. The fourth-order valence-electron chi connectivity index (χ4n) is 4.12. The Hall–Kier alpha value is -3.53. The van der Waals surface area contributed by atoms with Gasteiger partial charge in [-0.2, -0.15) is 0 Å². The van der Waals surface area contributed by atoms with Crippen molar-refractivity contribution in [3.8, 4) is 0 Å². The number of carbonyl (C=O) groups excluding carboxylic acids is 1. The van der Waals surface area contributed by atoms with Crippen LogP contribution in [0.3, 0.4) is 0 Å². The number of anilines is 2. The van der Waals surface area contributed by atoms with Crippen molar-refractivity contribution in [3.63, 3.8) is 0 Å². The molecule has 1 saturated carbocycles. The van der Waals surface area contributed by atoms with Crippen LogP contribution in [0.2, 0.25) is 0 Å². The Morgan fingerprint density at radius 1 is 1.03 bits per heavy atom. The lowest BCUT2D eigenvalue weighted by Crippen LogP contribution is -2.27. The van der Waals surface area contributed by atoms with Crippen LogP contribution in [0, 0.1) is 5.92 Å². The summed E-state index contributed by atoms with van der Waals surface area (Å²) in [5.41, 5.74) is 6.29. The Kier molecular flexibility index (Phi) is 7.13. The molecule has 2 aromatic carbocycles. The molecule has 0 bridgehead atoms. The highest BCUT2D eigenvalue weighted by Gasteiger charge is 2.40. The van der Waals surface area contributed by atoms with Crippen LogP contribution in [0.4, 0.5) is 11.4 Å². The lowest BCUT2D eigenvalue weighted by atomic mass is 10.0. The summed E-state index contributed by atoms with van der Waals surface area (Å²) in [6.07, 6.45) is 16.3. The molecular weight excluding hydrogens is 406 g/mol. The second-order valence-corrected chi connectivity index (χ2v) is 8.91. The number of allylic oxidation sites excluding steroid dienone is 6. The minimum Gasteiger partial charge on any atom is -0.383 e. The smallest absolute Gasteiger partial charge is 0.251 e. The molecule has 4 nitrogen and oxygen atoms in total. The highest BCUT2D eigenvalue weighted by molar-refractivity contribution is 5.95. The van der Waals surface area contributed by atoms with Gasteiger partial charge in [0.15, 0.2) is 0 Å². The van der Waals surface area contributed by atoms with Crippen molar-refractivity contribution in [2.75, 3.05) is 19.4 Å². The predicted octanol–water partition coefficient (Wildman–Crippen LogP) is 6.30. The fourth-order valence-corrected chi connectivity index (χ4v) is 4.12. The number of nitrogens with zero attached hydrogens (tertiary/aromatic N) is 1. The van der Waals surface area contributed by atoms with Gasteiger partial charge in [0.1, 0.15) is 0 Å². The zero-order valence-corrected chi connectivity index (χ0v) is 19.7. The minimum atomic E-state index is -0.00714. The van der Waals surface area contributed by atoms with Crippen molar-refractivity contribution in [3.05, 3.63) is 102 Å². The van der Waals surface area contributed by atoms with E-state index in [1.165, 1.54) is 11.1 Å². The second kappa shape index (κ2) is 10.4. The first-order valence-corrected chi connectivity index (χ1v) is 11.7. The maximum absolute atomic E-state index is 12.8. The van der Waals surface area contributed by atoms with Gasteiger partial charge in [-0.25, -0.2) is 0 Å². The molecule has 0 spiro atoms. The van der Waals surface area contributed by atoms with Crippen LogP contribution in [0.1, 0.15) is 42.1 Å². The van der Waals surface area contributed by atoms with Crippen LogP contribution < -0.4 is 10.6 Å². The maximum Gasteiger partial charge on any atom is 0.251 e. The molecule has 2 N–H and O–H groups in total. The van der Waals surface area contributed by atoms with Crippen molar-refractivity contribution in [2.24, 2.45) is 5.92 Å². The molecule has 33 heavy (non-hydrogen) atoms. The van der Waals surface area contributed by atoms with Crippen LogP contribution >= 0.6 is 0 Å². The van der Waals surface area contributed by atoms with E-state index in [0.717, 1.165) is 36.2 Å². The number of nitrogens with one attached hydrogen (secondary N) is 2.